The molecule has 0 fully saturated rings. The SMILES string of the molecule is CC(C)NS(=O)(=O)c1cccc(C(=O)N[C@H](C)C(=O)O)c1. The lowest BCUT2D eigenvalue weighted by atomic mass is 10.2. The van der Waals surface area contributed by atoms with Gasteiger partial charge < -0.3 is 10.4 Å². The van der Waals surface area contributed by atoms with Gasteiger partial charge in [-0.2, -0.15) is 0 Å². The first-order chi connectivity index (χ1) is 9.63. The van der Waals surface area contributed by atoms with Crippen LogP contribution in [0.2, 0.25) is 0 Å². The molecule has 3 N–H and O–H groups in total. The Morgan fingerprint density at radius 2 is 1.81 bits per heavy atom. The van der Waals surface area contributed by atoms with E-state index >= 15 is 0 Å². The molecule has 0 saturated heterocycles. The van der Waals surface area contributed by atoms with E-state index in [-0.39, 0.29) is 16.5 Å². The van der Waals surface area contributed by atoms with Crippen LogP contribution < -0.4 is 10.0 Å². The summed E-state index contributed by atoms with van der Waals surface area (Å²) < 4.78 is 26.4. The monoisotopic (exact) mass is 314 g/mol. The first-order valence-electron chi connectivity index (χ1n) is 6.29. The predicted octanol–water partition coefficient (Wildman–Crippen LogP) is 0.576. The quantitative estimate of drug-likeness (QED) is 0.711. The lowest BCUT2D eigenvalue weighted by molar-refractivity contribution is -0.138. The average Bonchev–Trinajstić information content (AvgIpc) is 2.37. The van der Waals surface area contributed by atoms with Crippen LogP contribution in [0.3, 0.4) is 0 Å². The van der Waals surface area contributed by atoms with E-state index in [2.05, 4.69) is 10.0 Å². The lowest BCUT2D eigenvalue weighted by Crippen LogP contribution is -2.38. The van der Waals surface area contributed by atoms with Crippen LogP contribution in [0.15, 0.2) is 29.2 Å². The molecule has 0 spiro atoms. The van der Waals surface area contributed by atoms with Crippen LogP contribution in [0.5, 0.6) is 0 Å². The number of carboxylic acids is 1. The van der Waals surface area contributed by atoms with Crippen molar-refractivity contribution in [1.82, 2.24) is 10.0 Å². The van der Waals surface area contributed by atoms with Gasteiger partial charge in [0.2, 0.25) is 10.0 Å². The van der Waals surface area contributed by atoms with Gasteiger partial charge in [0.05, 0.1) is 4.90 Å². The van der Waals surface area contributed by atoms with Crippen LogP contribution in [0.25, 0.3) is 0 Å². The Bertz CT molecular complexity index is 640. The van der Waals surface area contributed by atoms with Crippen molar-refractivity contribution in [3.05, 3.63) is 29.8 Å². The van der Waals surface area contributed by atoms with Gasteiger partial charge in [-0.15, -0.1) is 0 Å². The van der Waals surface area contributed by atoms with E-state index in [1.807, 2.05) is 0 Å². The summed E-state index contributed by atoms with van der Waals surface area (Å²) in [6.07, 6.45) is 0. The van der Waals surface area contributed by atoms with E-state index in [0.717, 1.165) is 0 Å². The number of benzene rings is 1. The topological polar surface area (TPSA) is 113 Å². The summed E-state index contributed by atoms with van der Waals surface area (Å²) in [6.45, 7) is 4.69. The number of hydrogen-bond acceptors (Lipinski definition) is 4. The Morgan fingerprint density at radius 1 is 1.19 bits per heavy atom. The van der Waals surface area contributed by atoms with Gasteiger partial charge in [0.15, 0.2) is 0 Å². The molecule has 0 aliphatic heterocycles. The molecular formula is C13H18N2O5S. The number of amides is 1. The third kappa shape index (κ3) is 4.83. The van der Waals surface area contributed by atoms with Crippen molar-refractivity contribution >= 4 is 21.9 Å². The van der Waals surface area contributed by atoms with E-state index in [4.69, 9.17) is 5.11 Å². The molecule has 0 aliphatic rings. The van der Waals surface area contributed by atoms with Crippen LogP contribution in [0.1, 0.15) is 31.1 Å². The fourth-order valence-electron chi connectivity index (χ4n) is 1.52. The highest BCUT2D eigenvalue weighted by atomic mass is 32.2. The molecule has 0 unspecified atom stereocenters. The number of carbonyl (C=O) groups excluding carboxylic acids is 1. The molecule has 0 radical (unpaired) electrons. The van der Waals surface area contributed by atoms with Gasteiger partial charge in [-0.1, -0.05) is 6.07 Å². The van der Waals surface area contributed by atoms with E-state index in [1.165, 1.54) is 31.2 Å². The highest BCUT2D eigenvalue weighted by Gasteiger charge is 2.19. The third-order valence-electron chi connectivity index (χ3n) is 2.52. The largest absolute Gasteiger partial charge is 0.480 e. The number of hydrogen-bond donors (Lipinski definition) is 3. The molecule has 8 heteroatoms. The fraction of sp³-hybridized carbons (Fsp3) is 0.385. The second-order valence-corrected chi connectivity index (χ2v) is 6.55. The van der Waals surface area contributed by atoms with Gasteiger partial charge in [-0.25, -0.2) is 13.1 Å². The number of aliphatic carboxylic acids is 1. The molecule has 1 atom stereocenters. The maximum Gasteiger partial charge on any atom is 0.325 e. The molecule has 7 nitrogen and oxygen atoms in total. The molecule has 1 aromatic carbocycles. The van der Waals surface area contributed by atoms with Crippen molar-refractivity contribution in [3.63, 3.8) is 0 Å². The maximum atomic E-state index is 12.0. The number of sulfonamides is 1. The van der Waals surface area contributed by atoms with Crippen LogP contribution >= 0.6 is 0 Å². The first-order valence-corrected chi connectivity index (χ1v) is 7.78. The highest BCUT2D eigenvalue weighted by Crippen LogP contribution is 2.12. The number of rotatable bonds is 6. The second-order valence-electron chi connectivity index (χ2n) is 4.84. The summed E-state index contributed by atoms with van der Waals surface area (Å²) in [4.78, 5) is 22.5. The first kappa shape index (κ1) is 17.1. The average molecular weight is 314 g/mol. The van der Waals surface area contributed by atoms with E-state index in [9.17, 15) is 18.0 Å². The zero-order valence-electron chi connectivity index (χ0n) is 12.0. The molecule has 0 aromatic heterocycles. The summed E-state index contributed by atoms with van der Waals surface area (Å²) >= 11 is 0. The summed E-state index contributed by atoms with van der Waals surface area (Å²) in [6, 6.07) is 4.07. The Balaban J connectivity index is 3.01. The number of nitrogens with one attached hydrogen (secondary N) is 2. The molecular weight excluding hydrogens is 296 g/mol. The van der Waals surface area contributed by atoms with Crippen LogP contribution in [-0.2, 0) is 14.8 Å². The van der Waals surface area contributed by atoms with Crippen LogP contribution in [-0.4, -0.2) is 37.5 Å². The molecule has 0 aliphatic carbocycles. The zero-order valence-corrected chi connectivity index (χ0v) is 12.8. The Hall–Kier alpha value is -1.93. The molecule has 116 valence electrons. The molecule has 21 heavy (non-hydrogen) atoms. The van der Waals surface area contributed by atoms with Gasteiger partial charge in [0.25, 0.3) is 5.91 Å². The van der Waals surface area contributed by atoms with Crippen LogP contribution in [0.4, 0.5) is 0 Å². The Kier molecular flexibility index (Phi) is 5.45. The minimum absolute atomic E-state index is 0.0492. The standard InChI is InChI=1S/C13H18N2O5S/c1-8(2)15-21(19,20)11-6-4-5-10(7-11)12(16)14-9(3)13(17)18/h4-9,15H,1-3H3,(H,14,16)(H,17,18)/t9-/m1/s1. The van der Waals surface area contributed by atoms with E-state index < -0.39 is 27.9 Å². The van der Waals surface area contributed by atoms with Crippen molar-refractivity contribution in [1.29, 1.82) is 0 Å². The zero-order chi connectivity index (χ0) is 16.2. The summed E-state index contributed by atoms with van der Waals surface area (Å²) in [5, 5.41) is 11.0. The van der Waals surface area contributed by atoms with Crippen LogP contribution in [0, 0.1) is 0 Å². The van der Waals surface area contributed by atoms with Crippen molar-refractivity contribution in [2.75, 3.05) is 0 Å². The smallest absolute Gasteiger partial charge is 0.325 e. The molecule has 0 saturated carbocycles. The van der Waals surface area contributed by atoms with Gasteiger partial charge in [0.1, 0.15) is 6.04 Å². The predicted molar refractivity (Wildman–Crippen MR) is 76.5 cm³/mol. The molecule has 1 rings (SSSR count). The second kappa shape index (κ2) is 6.68. The highest BCUT2D eigenvalue weighted by molar-refractivity contribution is 7.89. The van der Waals surface area contributed by atoms with Gasteiger partial charge in [0, 0.05) is 11.6 Å². The lowest BCUT2D eigenvalue weighted by Gasteiger charge is -2.12. The minimum atomic E-state index is -3.71. The Labute approximate surface area is 123 Å². The van der Waals surface area contributed by atoms with E-state index in [0.29, 0.717) is 0 Å². The summed E-state index contributed by atoms with van der Waals surface area (Å²) in [5.74, 6) is -1.82. The summed E-state index contributed by atoms with van der Waals surface area (Å²) in [7, 11) is -3.71. The van der Waals surface area contributed by atoms with Crippen molar-refractivity contribution in [2.24, 2.45) is 0 Å². The summed E-state index contributed by atoms with van der Waals surface area (Å²) in [5.41, 5.74) is 0.0785. The molecule has 0 bridgehead atoms. The number of carbonyl (C=O) groups is 2. The number of carboxylic acid groups (broad SMARTS) is 1. The van der Waals surface area contributed by atoms with Gasteiger partial charge in [-0.3, -0.25) is 9.59 Å². The molecule has 0 heterocycles. The van der Waals surface area contributed by atoms with E-state index in [1.54, 1.807) is 13.8 Å². The van der Waals surface area contributed by atoms with Gasteiger partial charge >= 0.3 is 5.97 Å². The van der Waals surface area contributed by atoms with Crippen molar-refractivity contribution < 1.29 is 23.1 Å². The van der Waals surface area contributed by atoms with Crippen molar-refractivity contribution in [2.45, 2.75) is 37.8 Å². The normalized spacial score (nSPS) is 13.0. The molecule has 1 aromatic rings. The maximum absolute atomic E-state index is 12.0. The Morgan fingerprint density at radius 3 is 2.33 bits per heavy atom. The fourth-order valence-corrected chi connectivity index (χ4v) is 2.82. The third-order valence-corrected chi connectivity index (χ3v) is 4.17. The minimum Gasteiger partial charge on any atom is -0.480 e. The van der Waals surface area contributed by atoms with Gasteiger partial charge in [-0.05, 0) is 39.0 Å². The van der Waals surface area contributed by atoms with Crippen molar-refractivity contribution in [3.8, 4) is 0 Å². The molecule has 1 amide bonds.